The van der Waals surface area contributed by atoms with Gasteiger partial charge < -0.3 is 10.0 Å². The monoisotopic (exact) mass is 251 g/mol. The van der Waals surface area contributed by atoms with E-state index in [4.69, 9.17) is 5.11 Å². The van der Waals surface area contributed by atoms with Crippen molar-refractivity contribution in [2.24, 2.45) is 0 Å². The minimum Gasteiger partial charge on any atom is -0.481 e. The van der Waals surface area contributed by atoms with Crippen LogP contribution >= 0.6 is 0 Å². The lowest BCUT2D eigenvalue weighted by atomic mass is 10.1. The maximum absolute atomic E-state index is 12.8. The fraction of sp³-hybridized carbons (Fsp3) is 0.385. The fourth-order valence-electron chi connectivity index (χ4n) is 2.28. The highest BCUT2D eigenvalue weighted by Gasteiger charge is 2.30. The third-order valence-electron chi connectivity index (χ3n) is 3.14. The highest BCUT2D eigenvalue weighted by atomic mass is 19.1. The molecule has 96 valence electrons. The molecule has 0 aromatic heterocycles. The molecule has 0 saturated carbocycles. The molecule has 0 spiro atoms. The van der Waals surface area contributed by atoms with E-state index in [2.05, 4.69) is 0 Å². The van der Waals surface area contributed by atoms with Crippen LogP contribution in [0.1, 0.15) is 29.6 Å². The Morgan fingerprint density at radius 1 is 1.33 bits per heavy atom. The van der Waals surface area contributed by atoms with Crippen LogP contribution in [0.25, 0.3) is 0 Å². The first kappa shape index (κ1) is 12.5. The molecular weight excluding hydrogens is 237 g/mol. The Morgan fingerprint density at radius 3 is 2.61 bits per heavy atom. The van der Waals surface area contributed by atoms with Crippen LogP contribution in [0.15, 0.2) is 24.3 Å². The van der Waals surface area contributed by atoms with Crippen LogP contribution in [-0.2, 0) is 4.79 Å². The minimum absolute atomic E-state index is 0.0348. The van der Waals surface area contributed by atoms with Gasteiger partial charge in [-0.2, -0.15) is 0 Å². The number of hydrogen-bond acceptors (Lipinski definition) is 2. The molecule has 5 heteroatoms. The number of amides is 1. The molecule has 1 amide bonds. The molecule has 1 N–H and O–H groups in total. The molecule has 0 aliphatic carbocycles. The van der Waals surface area contributed by atoms with Gasteiger partial charge in [-0.25, -0.2) is 4.39 Å². The third-order valence-corrected chi connectivity index (χ3v) is 3.14. The standard InChI is InChI=1S/C13H14FNO3/c14-10-5-3-9(4-6-10)13(18)15-7-1-2-11(15)8-12(16)17/h3-6,11H,1-2,7-8H2,(H,16,17). The van der Waals surface area contributed by atoms with E-state index in [9.17, 15) is 14.0 Å². The van der Waals surface area contributed by atoms with Crippen LogP contribution in [-0.4, -0.2) is 34.5 Å². The summed E-state index contributed by atoms with van der Waals surface area (Å²) in [6.45, 7) is 0.564. The van der Waals surface area contributed by atoms with E-state index in [0.29, 0.717) is 18.5 Å². The van der Waals surface area contributed by atoms with Crippen LogP contribution in [0.5, 0.6) is 0 Å². The molecule has 1 aromatic rings. The molecular formula is C13H14FNO3. The largest absolute Gasteiger partial charge is 0.481 e. The topological polar surface area (TPSA) is 57.6 Å². The molecule has 18 heavy (non-hydrogen) atoms. The van der Waals surface area contributed by atoms with Gasteiger partial charge in [0.15, 0.2) is 0 Å². The molecule has 1 saturated heterocycles. The Labute approximate surface area is 104 Å². The fourth-order valence-corrected chi connectivity index (χ4v) is 2.28. The Morgan fingerprint density at radius 2 is 2.00 bits per heavy atom. The molecule has 2 rings (SSSR count). The van der Waals surface area contributed by atoms with Gasteiger partial charge in [-0.1, -0.05) is 0 Å². The van der Waals surface area contributed by atoms with Gasteiger partial charge in [0.1, 0.15) is 5.82 Å². The normalized spacial score (nSPS) is 18.9. The summed E-state index contributed by atoms with van der Waals surface area (Å²) in [6, 6.07) is 5.06. The van der Waals surface area contributed by atoms with Gasteiger partial charge in [0.25, 0.3) is 5.91 Å². The lowest BCUT2D eigenvalue weighted by Gasteiger charge is -2.23. The Balaban J connectivity index is 2.12. The van der Waals surface area contributed by atoms with Gasteiger partial charge in [-0.05, 0) is 37.1 Å². The van der Waals surface area contributed by atoms with E-state index >= 15 is 0 Å². The summed E-state index contributed by atoms with van der Waals surface area (Å²) < 4.78 is 12.8. The molecule has 1 aliphatic rings. The Bertz CT molecular complexity index is 458. The van der Waals surface area contributed by atoms with Crippen LogP contribution in [0, 0.1) is 5.82 Å². The summed E-state index contributed by atoms with van der Waals surface area (Å²) in [6.07, 6.45) is 1.48. The van der Waals surface area contributed by atoms with Crippen molar-refractivity contribution in [1.82, 2.24) is 4.90 Å². The number of likely N-dealkylation sites (tertiary alicyclic amines) is 1. The molecule has 1 heterocycles. The predicted molar refractivity (Wildman–Crippen MR) is 62.7 cm³/mol. The molecule has 1 fully saturated rings. The summed E-state index contributed by atoms with van der Waals surface area (Å²) in [5.41, 5.74) is 0.397. The Hall–Kier alpha value is -1.91. The van der Waals surface area contributed by atoms with E-state index in [0.717, 1.165) is 6.42 Å². The molecule has 1 aromatic carbocycles. The van der Waals surface area contributed by atoms with E-state index in [1.807, 2.05) is 0 Å². The number of carboxylic acids is 1. The quantitative estimate of drug-likeness (QED) is 0.892. The van der Waals surface area contributed by atoms with Crippen LogP contribution in [0.4, 0.5) is 4.39 Å². The zero-order valence-electron chi connectivity index (χ0n) is 9.80. The number of rotatable bonds is 3. The number of carboxylic acid groups (broad SMARTS) is 1. The minimum atomic E-state index is -0.904. The zero-order valence-corrected chi connectivity index (χ0v) is 9.80. The van der Waals surface area contributed by atoms with Gasteiger partial charge in [0.2, 0.25) is 0 Å². The third kappa shape index (κ3) is 2.67. The summed E-state index contributed by atoms with van der Waals surface area (Å²) in [7, 11) is 0. The number of carbonyl (C=O) groups is 2. The molecule has 1 atom stereocenters. The number of aliphatic carboxylic acids is 1. The first-order valence-electron chi connectivity index (χ1n) is 5.86. The van der Waals surface area contributed by atoms with Gasteiger partial charge in [0.05, 0.1) is 6.42 Å². The van der Waals surface area contributed by atoms with Crippen molar-refractivity contribution in [3.63, 3.8) is 0 Å². The smallest absolute Gasteiger partial charge is 0.305 e. The second-order valence-corrected chi connectivity index (χ2v) is 4.40. The number of nitrogens with zero attached hydrogens (tertiary/aromatic N) is 1. The highest BCUT2D eigenvalue weighted by molar-refractivity contribution is 5.94. The molecule has 0 bridgehead atoms. The molecule has 1 aliphatic heterocycles. The number of halogens is 1. The van der Waals surface area contributed by atoms with E-state index in [1.165, 1.54) is 24.3 Å². The van der Waals surface area contributed by atoms with Crippen molar-refractivity contribution in [2.75, 3.05) is 6.54 Å². The van der Waals surface area contributed by atoms with Crippen molar-refractivity contribution < 1.29 is 19.1 Å². The van der Waals surface area contributed by atoms with Gasteiger partial charge >= 0.3 is 5.97 Å². The van der Waals surface area contributed by atoms with E-state index in [-0.39, 0.29) is 18.4 Å². The molecule has 0 radical (unpaired) electrons. The number of hydrogen-bond donors (Lipinski definition) is 1. The highest BCUT2D eigenvalue weighted by Crippen LogP contribution is 2.22. The van der Waals surface area contributed by atoms with Gasteiger partial charge in [0, 0.05) is 18.2 Å². The lowest BCUT2D eigenvalue weighted by Crippen LogP contribution is -2.36. The summed E-state index contributed by atoms with van der Waals surface area (Å²) in [5, 5.41) is 8.79. The van der Waals surface area contributed by atoms with Crippen molar-refractivity contribution in [1.29, 1.82) is 0 Å². The maximum Gasteiger partial charge on any atom is 0.305 e. The summed E-state index contributed by atoms with van der Waals surface area (Å²) in [4.78, 5) is 24.4. The van der Waals surface area contributed by atoms with Crippen LogP contribution in [0.3, 0.4) is 0 Å². The van der Waals surface area contributed by atoms with Crippen molar-refractivity contribution in [3.8, 4) is 0 Å². The summed E-state index contributed by atoms with van der Waals surface area (Å²) >= 11 is 0. The lowest BCUT2D eigenvalue weighted by molar-refractivity contribution is -0.137. The second kappa shape index (κ2) is 5.16. The van der Waals surface area contributed by atoms with Crippen molar-refractivity contribution >= 4 is 11.9 Å². The average Bonchev–Trinajstić information content (AvgIpc) is 2.76. The van der Waals surface area contributed by atoms with Crippen LogP contribution < -0.4 is 0 Å². The number of carbonyl (C=O) groups excluding carboxylic acids is 1. The average molecular weight is 251 g/mol. The first-order valence-corrected chi connectivity index (χ1v) is 5.86. The second-order valence-electron chi connectivity index (χ2n) is 4.40. The summed E-state index contributed by atoms with van der Waals surface area (Å²) in [5.74, 6) is -1.52. The SMILES string of the molecule is O=C(O)CC1CCCN1C(=O)c1ccc(F)cc1. The van der Waals surface area contributed by atoms with Gasteiger partial charge in [-0.3, -0.25) is 9.59 Å². The zero-order chi connectivity index (χ0) is 13.1. The predicted octanol–water partition coefficient (Wildman–Crippen LogP) is 1.91. The van der Waals surface area contributed by atoms with Gasteiger partial charge in [-0.15, -0.1) is 0 Å². The first-order chi connectivity index (χ1) is 8.58. The van der Waals surface area contributed by atoms with Crippen LogP contribution in [0.2, 0.25) is 0 Å². The molecule has 4 nitrogen and oxygen atoms in total. The van der Waals surface area contributed by atoms with Crippen molar-refractivity contribution in [3.05, 3.63) is 35.6 Å². The Kier molecular flexibility index (Phi) is 3.60. The molecule has 1 unspecified atom stereocenters. The number of benzene rings is 1. The van der Waals surface area contributed by atoms with E-state index in [1.54, 1.807) is 4.90 Å². The van der Waals surface area contributed by atoms with E-state index < -0.39 is 11.8 Å². The van der Waals surface area contributed by atoms with Crippen molar-refractivity contribution in [2.45, 2.75) is 25.3 Å². The maximum atomic E-state index is 12.8.